The van der Waals surface area contributed by atoms with Crippen LogP contribution >= 0.6 is 12.4 Å². The maximum Gasteiger partial charge on any atom is 0.0922 e. The molecule has 2 aromatic rings. The summed E-state index contributed by atoms with van der Waals surface area (Å²) in [5, 5.41) is 3.51. The van der Waals surface area contributed by atoms with Gasteiger partial charge in [0.25, 0.3) is 0 Å². The molecule has 0 amide bonds. The van der Waals surface area contributed by atoms with E-state index in [1.807, 2.05) is 12.3 Å². The first-order valence-electron chi connectivity index (χ1n) is 5.46. The third-order valence-corrected chi connectivity index (χ3v) is 2.77. The van der Waals surface area contributed by atoms with Crippen LogP contribution in [0, 0.1) is 0 Å². The summed E-state index contributed by atoms with van der Waals surface area (Å²) in [5.74, 6) is 0. The predicted molar refractivity (Wildman–Crippen MR) is 72.1 cm³/mol. The van der Waals surface area contributed by atoms with E-state index in [4.69, 9.17) is 0 Å². The first kappa shape index (κ1) is 13.7. The molecule has 0 aliphatic heterocycles. The zero-order valence-electron chi connectivity index (χ0n) is 10.1. The Hall–Kier alpha value is -1.32. The number of hydrogen-bond acceptors (Lipinski definition) is 2. The number of aromatic nitrogens is 2. The highest BCUT2D eigenvalue weighted by atomic mass is 35.5. The molecule has 1 aromatic carbocycles. The summed E-state index contributed by atoms with van der Waals surface area (Å²) < 4.78 is 0. The number of hydrogen-bond donors (Lipinski definition) is 2. The van der Waals surface area contributed by atoms with Crippen molar-refractivity contribution in [1.82, 2.24) is 15.3 Å². The minimum Gasteiger partial charge on any atom is -0.347 e. The topological polar surface area (TPSA) is 40.7 Å². The second kappa shape index (κ2) is 5.84. The number of H-pyrrole nitrogens is 1. The van der Waals surface area contributed by atoms with Gasteiger partial charge in [-0.25, -0.2) is 4.98 Å². The lowest BCUT2D eigenvalue weighted by Gasteiger charge is -2.26. The van der Waals surface area contributed by atoms with Crippen LogP contribution < -0.4 is 5.32 Å². The Morgan fingerprint density at radius 1 is 1.24 bits per heavy atom. The maximum atomic E-state index is 4.00. The van der Waals surface area contributed by atoms with E-state index in [-0.39, 0.29) is 17.9 Å². The average molecular weight is 252 g/mol. The summed E-state index contributed by atoms with van der Waals surface area (Å²) in [6.07, 6.45) is 3.54. The molecule has 2 N–H and O–H groups in total. The molecular weight excluding hydrogens is 234 g/mol. The van der Waals surface area contributed by atoms with Crippen molar-refractivity contribution in [2.24, 2.45) is 0 Å². The van der Waals surface area contributed by atoms with Crippen LogP contribution in [-0.2, 0) is 12.1 Å². The van der Waals surface area contributed by atoms with E-state index in [0.717, 1.165) is 12.2 Å². The van der Waals surface area contributed by atoms with Crippen molar-refractivity contribution in [2.75, 3.05) is 0 Å². The normalized spacial score (nSPS) is 10.9. The van der Waals surface area contributed by atoms with Crippen LogP contribution in [0.2, 0.25) is 0 Å². The van der Waals surface area contributed by atoms with E-state index in [1.54, 1.807) is 6.33 Å². The Bertz CT molecular complexity index is 423. The van der Waals surface area contributed by atoms with E-state index < -0.39 is 0 Å². The zero-order chi connectivity index (χ0) is 11.4. The van der Waals surface area contributed by atoms with E-state index in [0.29, 0.717) is 0 Å². The molecule has 92 valence electrons. The first-order chi connectivity index (χ1) is 7.68. The summed E-state index contributed by atoms with van der Waals surface area (Å²) in [4.78, 5) is 7.09. The van der Waals surface area contributed by atoms with Gasteiger partial charge in [-0.1, -0.05) is 30.3 Å². The monoisotopic (exact) mass is 251 g/mol. The molecule has 0 aliphatic carbocycles. The molecule has 0 aliphatic rings. The Kier molecular flexibility index (Phi) is 4.73. The number of imidazole rings is 1. The largest absolute Gasteiger partial charge is 0.347 e. The van der Waals surface area contributed by atoms with Crippen molar-refractivity contribution in [3.05, 3.63) is 54.1 Å². The van der Waals surface area contributed by atoms with Gasteiger partial charge in [0.1, 0.15) is 0 Å². The van der Waals surface area contributed by atoms with Gasteiger partial charge < -0.3 is 10.3 Å². The van der Waals surface area contributed by atoms with Crippen LogP contribution in [0.5, 0.6) is 0 Å². The molecule has 0 radical (unpaired) electrons. The van der Waals surface area contributed by atoms with Gasteiger partial charge >= 0.3 is 0 Å². The average Bonchev–Trinajstić information content (AvgIpc) is 2.81. The molecule has 0 atom stereocenters. The van der Waals surface area contributed by atoms with E-state index in [1.165, 1.54) is 5.56 Å². The lowest BCUT2D eigenvalue weighted by atomic mass is 9.94. The van der Waals surface area contributed by atoms with Crippen LogP contribution in [0.15, 0.2) is 42.9 Å². The van der Waals surface area contributed by atoms with Crippen molar-refractivity contribution in [3.8, 4) is 0 Å². The minimum atomic E-state index is -0.0353. The second-order valence-corrected chi connectivity index (χ2v) is 4.42. The van der Waals surface area contributed by atoms with Crippen molar-refractivity contribution in [2.45, 2.75) is 25.9 Å². The van der Waals surface area contributed by atoms with Gasteiger partial charge in [-0.15, -0.1) is 12.4 Å². The molecule has 0 bridgehead atoms. The van der Waals surface area contributed by atoms with Crippen molar-refractivity contribution >= 4 is 12.4 Å². The Morgan fingerprint density at radius 2 is 1.94 bits per heavy atom. The molecular formula is C13H18ClN3. The molecule has 3 nitrogen and oxygen atoms in total. The van der Waals surface area contributed by atoms with Gasteiger partial charge in [-0.3, -0.25) is 0 Å². The molecule has 0 saturated heterocycles. The van der Waals surface area contributed by atoms with E-state index in [2.05, 4.69) is 53.4 Å². The van der Waals surface area contributed by atoms with Gasteiger partial charge in [-0.2, -0.15) is 0 Å². The second-order valence-electron chi connectivity index (χ2n) is 4.42. The molecule has 4 heteroatoms. The number of aromatic amines is 1. The Morgan fingerprint density at radius 3 is 2.53 bits per heavy atom. The Labute approximate surface area is 108 Å². The fraction of sp³-hybridized carbons (Fsp3) is 0.308. The fourth-order valence-corrected chi connectivity index (χ4v) is 1.65. The van der Waals surface area contributed by atoms with Crippen LogP contribution in [0.4, 0.5) is 0 Å². The highest BCUT2D eigenvalue weighted by Gasteiger charge is 2.18. The van der Waals surface area contributed by atoms with Gasteiger partial charge in [-0.05, 0) is 19.4 Å². The molecule has 0 fully saturated rings. The van der Waals surface area contributed by atoms with Crippen molar-refractivity contribution in [1.29, 1.82) is 0 Å². The third-order valence-electron chi connectivity index (χ3n) is 2.77. The highest BCUT2D eigenvalue weighted by Crippen LogP contribution is 2.19. The van der Waals surface area contributed by atoms with Crippen molar-refractivity contribution < 1.29 is 0 Å². The number of rotatable bonds is 4. The predicted octanol–water partition coefficient (Wildman–Crippen LogP) is 2.86. The van der Waals surface area contributed by atoms with Crippen LogP contribution in [0.1, 0.15) is 25.1 Å². The van der Waals surface area contributed by atoms with E-state index in [9.17, 15) is 0 Å². The summed E-state index contributed by atoms with van der Waals surface area (Å²) in [7, 11) is 0. The smallest absolute Gasteiger partial charge is 0.0922 e. The maximum absolute atomic E-state index is 4.00. The van der Waals surface area contributed by atoms with Crippen LogP contribution in [0.3, 0.4) is 0 Å². The van der Waals surface area contributed by atoms with Crippen molar-refractivity contribution in [3.63, 3.8) is 0 Å². The first-order valence-corrected chi connectivity index (χ1v) is 5.46. The number of nitrogens with zero attached hydrogens (tertiary/aromatic N) is 1. The fourth-order valence-electron chi connectivity index (χ4n) is 1.65. The van der Waals surface area contributed by atoms with E-state index >= 15 is 0 Å². The number of halogens is 1. The lowest BCUT2D eigenvalue weighted by molar-refractivity contribution is 0.399. The van der Waals surface area contributed by atoms with Crippen LogP contribution in [-0.4, -0.2) is 9.97 Å². The molecule has 1 heterocycles. The van der Waals surface area contributed by atoms with Gasteiger partial charge in [0, 0.05) is 24.0 Å². The van der Waals surface area contributed by atoms with Gasteiger partial charge in [0.15, 0.2) is 0 Å². The Balaban J connectivity index is 0.00000144. The molecule has 1 aromatic heterocycles. The lowest BCUT2D eigenvalue weighted by Crippen LogP contribution is -2.35. The zero-order valence-corrected chi connectivity index (χ0v) is 10.9. The summed E-state index contributed by atoms with van der Waals surface area (Å²) >= 11 is 0. The molecule has 17 heavy (non-hydrogen) atoms. The summed E-state index contributed by atoms with van der Waals surface area (Å²) in [5.41, 5.74) is 2.35. The highest BCUT2D eigenvalue weighted by molar-refractivity contribution is 5.85. The van der Waals surface area contributed by atoms with Gasteiger partial charge in [0.05, 0.1) is 6.33 Å². The minimum absolute atomic E-state index is 0. The quantitative estimate of drug-likeness (QED) is 0.877. The number of benzene rings is 1. The third kappa shape index (κ3) is 3.58. The van der Waals surface area contributed by atoms with Crippen LogP contribution in [0.25, 0.3) is 0 Å². The molecule has 0 spiro atoms. The molecule has 2 rings (SSSR count). The van der Waals surface area contributed by atoms with Gasteiger partial charge in [0.2, 0.25) is 0 Å². The molecule has 0 saturated carbocycles. The summed E-state index contributed by atoms with van der Waals surface area (Å²) in [6.45, 7) is 5.15. The standard InChI is InChI=1S/C13H17N3.ClH/c1-13(2,11-6-4-3-5-7-11)16-9-12-8-14-10-15-12;/h3-8,10,16H,9H2,1-2H3,(H,14,15);1H. The molecule has 0 unspecified atom stereocenters. The number of nitrogens with one attached hydrogen (secondary N) is 2. The summed E-state index contributed by atoms with van der Waals surface area (Å²) in [6, 6.07) is 10.4. The SMILES string of the molecule is CC(C)(NCc1cnc[nH]1)c1ccccc1.Cl.